The highest BCUT2D eigenvalue weighted by atomic mass is 35.5. The number of benzene rings is 1. The average molecular weight is 359 g/mol. The van der Waals surface area contributed by atoms with Gasteiger partial charge in [-0.1, -0.05) is 43.7 Å². The predicted molar refractivity (Wildman–Crippen MR) is 99.8 cm³/mol. The van der Waals surface area contributed by atoms with E-state index in [1.807, 2.05) is 30.5 Å². The largest absolute Gasteiger partial charge is 0.250 e. The first-order valence-electron chi connectivity index (χ1n) is 8.15. The van der Waals surface area contributed by atoms with E-state index in [1.54, 1.807) is 4.68 Å². The molecule has 0 amide bonds. The van der Waals surface area contributed by atoms with Crippen LogP contribution in [0.15, 0.2) is 41.0 Å². The Labute approximate surface area is 151 Å². The molecule has 2 aromatic rings. The van der Waals surface area contributed by atoms with Crippen LogP contribution in [0.2, 0.25) is 5.02 Å². The van der Waals surface area contributed by atoms with Crippen LogP contribution in [-0.2, 0) is 0 Å². The summed E-state index contributed by atoms with van der Waals surface area (Å²) in [5.74, 6) is 2.03. The summed E-state index contributed by atoms with van der Waals surface area (Å²) in [6.45, 7) is 4.71. The van der Waals surface area contributed by atoms with Gasteiger partial charge in [-0.05, 0) is 60.0 Å². The fraction of sp³-hybridized carbons (Fsp3) is 0.389. The SMILES string of the molecule is CC1(C)[C@@H]2CC=C(/C=N\n3c(-c4ccccc4Cl)n[nH]c3=S)[C@@H]1C2. The number of H-pyrrole nitrogens is 1. The zero-order valence-electron chi connectivity index (χ0n) is 13.7. The Hall–Kier alpha value is -1.72. The highest BCUT2D eigenvalue weighted by Crippen LogP contribution is 2.58. The van der Waals surface area contributed by atoms with E-state index in [2.05, 4.69) is 35.2 Å². The van der Waals surface area contributed by atoms with Crippen LogP contribution in [0.5, 0.6) is 0 Å². The second-order valence-electron chi connectivity index (χ2n) is 7.13. The normalized spacial score (nSPS) is 24.7. The molecule has 6 heteroatoms. The van der Waals surface area contributed by atoms with Crippen molar-refractivity contribution in [1.29, 1.82) is 0 Å². The van der Waals surface area contributed by atoms with Crippen molar-refractivity contribution < 1.29 is 0 Å². The fourth-order valence-corrected chi connectivity index (χ4v) is 4.28. The molecule has 1 aromatic carbocycles. The zero-order valence-corrected chi connectivity index (χ0v) is 15.2. The van der Waals surface area contributed by atoms with Crippen LogP contribution in [0.1, 0.15) is 26.7 Å². The lowest BCUT2D eigenvalue weighted by molar-refractivity contribution is -0.00126. The lowest BCUT2D eigenvalue weighted by Gasteiger charge is -2.55. The summed E-state index contributed by atoms with van der Waals surface area (Å²) in [6.07, 6.45) is 6.65. The zero-order chi connectivity index (χ0) is 16.9. The second-order valence-corrected chi connectivity index (χ2v) is 7.93. The van der Waals surface area contributed by atoms with Gasteiger partial charge in [0.25, 0.3) is 0 Å². The molecule has 1 N–H and O–H groups in total. The molecule has 1 aromatic heterocycles. The summed E-state index contributed by atoms with van der Waals surface area (Å²) in [5, 5.41) is 12.4. The van der Waals surface area contributed by atoms with Crippen molar-refractivity contribution in [3.05, 3.63) is 45.7 Å². The Balaban J connectivity index is 1.69. The highest BCUT2D eigenvalue weighted by Gasteiger charge is 2.50. The predicted octanol–water partition coefficient (Wildman–Crippen LogP) is 5.09. The molecule has 0 saturated heterocycles. The van der Waals surface area contributed by atoms with Gasteiger partial charge < -0.3 is 0 Å². The Kier molecular flexibility index (Phi) is 3.73. The highest BCUT2D eigenvalue weighted by molar-refractivity contribution is 7.71. The molecule has 0 unspecified atom stereocenters. The maximum absolute atomic E-state index is 6.29. The van der Waals surface area contributed by atoms with Crippen LogP contribution in [0.25, 0.3) is 11.4 Å². The number of halogens is 1. The van der Waals surface area contributed by atoms with E-state index in [-0.39, 0.29) is 0 Å². The number of rotatable bonds is 3. The lowest BCUT2D eigenvalue weighted by Crippen LogP contribution is -2.48. The third-order valence-corrected chi connectivity index (χ3v) is 6.19. The molecule has 2 bridgehead atoms. The van der Waals surface area contributed by atoms with Gasteiger partial charge in [0.2, 0.25) is 4.77 Å². The maximum Gasteiger partial charge on any atom is 0.216 e. The van der Waals surface area contributed by atoms with E-state index in [0.29, 0.717) is 27.0 Å². The average Bonchev–Trinajstić information content (AvgIpc) is 2.94. The Bertz CT molecular complexity index is 906. The molecule has 1 fully saturated rings. The van der Waals surface area contributed by atoms with Crippen LogP contribution in [0, 0.1) is 22.0 Å². The molecular weight excluding hydrogens is 340 g/mol. The van der Waals surface area contributed by atoms with Crippen LogP contribution in [-0.4, -0.2) is 21.1 Å². The summed E-state index contributed by atoms with van der Waals surface area (Å²) in [7, 11) is 0. The minimum atomic E-state index is 0.375. The quantitative estimate of drug-likeness (QED) is 0.613. The molecule has 5 rings (SSSR count). The number of nitrogens with one attached hydrogen (secondary N) is 1. The third kappa shape index (κ3) is 2.38. The number of allylic oxidation sites excluding steroid dienone is 2. The number of fused-ring (bicyclic) bond motifs is 1. The minimum absolute atomic E-state index is 0.375. The third-order valence-electron chi connectivity index (χ3n) is 5.60. The van der Waals surface area contributed by atoms with Gasteiger partial charge in [-0.15, -0.1) is 0 Å². The number of aromatic amines is 1. The van der Waals surface area contributed by atoms with Crippen molar-refractivity contribution in [1.82, 2.24) is 14.9 Å². The van der Waals surface area contributed by atoms with Gasteiger partial charge in [-0.25, -0.2) is 5.10 Å². The number of nitrogens with zero attached hydrogens (tertiary/aromatic N) is 3. The van der Waals surface area contributed by atoms with Gasteiger partial charge >= 0.3 is 0 Å². The number of aromatic nitrogens is 3. The van der Waals surface area contributed by atoms with Crippen molar-refractivity contribution in [3.63, 3.8) is 0 Å². The van der Waals surface area contributed by atoms with E-state index in [9.17, 15) is 0 Å². The first kappa shape index (κ1) is 15.8. The van der Waals surface area contributed by atoms with Crippen molar-refractivity contribution >= 4 is 30.0 Å². The maximum atomic E-state index is 6.29. The van der Waals surface area contributed by atoms with E-state index < -0.39 is 0 Å². The van der Waals surface area contributed by atoms with Crippen molar-refractivity contribution in [2.24, 2.45) is 22.4 Å². The summed E-state index contributed by atoms with van der Waals surface area (Å²) in [6, 6.07) is 7.57. The van der Waals surface area contributed by atoms with Gasteiger partial charge in [0.05, 0.1) is 11.2 Å². The minimum Gasteiger partial charge on any atom is -0.250 e. The summed E-state index contributed by atoms with van der Waals surface area (Å²) in [5.41, 5.74) is 2.49. The van der Waals surface area contributed by atoms with Crippen LogP contribution >= 0.6 is 23.8 Å². The first-order chi connectivity index (χ1) is 11.5. The second kappa shape index (κ2) is 5.67. The molecule has 2 atom stereocenters. The van der Waals surface area contributed by atoms with E-state index in [1.165, 1.54) is 12.0 Å². The number of hydrogen-bond donors (Lipinski definition) is 1. The van der Waals surface area contributed by atoms with Gasteiger partial charge in [0, 0.05) is 5.56 Å². The molecule has 0 radical (unpaired) electrons. The topological polar surface area (TPSA) is 46.0 Å². The molecule has 1 saturated carbocycles. The molecule has 4 nitrogen and oxygen atoms in total. The van der Waals surface area contributed by atoms with Gasteiger partial charge in [0.15, 0.2) is 5.82 Å². The Morgan fingerprint density at radius 3 is 2.92 bits per heavy atom. The van der Waals surface area contributed by atoms with Gasteiger partial charge in [-0.3, -0.25) is 0 Å². The van der Waals surface area contributed by atoms with Crippen LogP contribution in [0.3, 0.4) is 0 Å². The monoisotopic (exact) mass is 358 g/mol. The van der Waals surface area contributed by atoms with Gasteiger partial charge in [-0.2, -0.15) is 14.9 Å². The van der Waals surface area contributed by atoms with Crippen LogP contribution in [0.4, 0.5) is 0 Å². The summed E-state index contributed by atoms with van der Waals surface area (Å²) >= 11 is 11.6. The molecular formula is C18H19ClN4S. The van der Waals surface area contributed by atoms with Crippen molar-refractivity contribution in [2.45, 2.75) is 26.7 Å². The fourth-order valence-electron chi connectivity index (χ4n) is 3.88. The molecule has 24 heavy (non-hydrogen) atoms. The molecule has 0 aliphatic heterocycles. The number of hydrogen-bond acceptors (Lipinski definition) is 3. The van der Waals surface area contributed by atoms with E-state index in [0.717, 1.165) is 17.9 Å². The first-order valence-corrected chi connectivity index (χ1v) is 8.94. The van der Waals surface area contributed by atoms with Crippen molar-refractivity contribution in [2.75, 3.05) is 0 Å². The van der Waals surface area contributed by atoms with E-state index >= 15 is 0 Å². The Morgan fingerprint density at radius 1 is 1.42 bits per heavy atom. The van der Waals surface area contributed by atoms with Gasteiger partial charge in [0.1, 0.15) is 0 Å². The molecule has 3 aliphatic carbocycles. The smallest absolute Gasteiger partial charge is 0.216 e. The van der Waals surface area contributed by atoms with Crippen molar-refractivity contribution in [3.8, 4) is 11.4 Å². The van der Waals surface area contributed by atoms with Crippen LogP contribution < -0.4 is 0 Å². The molecule has 3 aliphatic rings. The Morgan fingerprint density at radius 2 is 2.21 bits per heavy atom. The molecule has 124 valence electrons. The summed E-state index contributed by atoms with van der Waals surface area (Å²) < 4.78 is 2.11. The standard InChI is InChI=1S/C18H19ClN4S/c1-18(2)12-8-7-11(14(18)9-12)10-20-23-16(21-22-17(23)24)13-5-3-4-6-15(13)19/h3-7,10,12,14H,8-9H2,1-2H3,(H,22,24)/b20-10-/t12-,14+/m1/s1. The molecule has 1 heterocycles. The summed E-state index contributed by atoms with van der Waals surface area (Å²) in [4.78, 5) is 0. The van der Waals surface area contributed by atoms with E-state index in [4.69, 9.17) is 23.8 Å². The molecule has 0 spiro atoms. The lowest BCUT2D eigenvalue weighted by atomic mass is 9.49.